The van der Waals surface area contributed by atoms with Gasteiger partial charge >= 0.3 is 5.69 Å². The summed E-state index contributed by atoms with van der Waals surface area (Å²) in [5.74, 6) is 0.665. The first-order chi connectivity index (χ1) is 11.8. The highest BCUT2D eigenvalue weighted by Crippen LogP contribution is 2.07. The van der Waals surface area contributed by atoms with Crippen molar-refractivity contribution in [1.82, 2.24) is 24.0 Å². The van der Waals surface area contributed by atoms with Crippen molar-refractivity contribution in [3.05, 3.63) is 27.2 Å². The van der Waals surface area contributed by atoms with E-state index in [-0.39, 0.29) is 11.5 Å². The van der Waals surface area contributed by atoms with Crippen LogP contribution in [0.5, 0.6) is 0 Å². The van der Waals surface area contributed by atoms with Gasteiger partial charge in [0.05, 0.1) is 6.33 Å². The number of carbonyl (C=O) groups excluding carboxylic acids is 1. The average Bonchev–Trinajstić information content (AvgIpc) is 2.99. The number of hydrogen-bond acceptors (Lipinski definition) is 4. The molecule has 8 nitrogen and oxygen atoms in total. The number of aryl methyl sites for hydroxylation is 2. The Hall–Kier alpha value is -2.38. The maximum Gasteiger partial charge on any atom is 0.332 e. The zero-order chi connectivity index (χ0) is 18.6. The summed E-state index contributed by atoms with van der Waals surface area (Å²) >= 11 is 0. The maximum atomic E-state index is 12.3. The molecule has 0 unspecified atom stereocenters. The van der Waals surface area contributed by atoms with Crippen LogP contribution in [0.1, 0.15) is 39.5 Å². The van der Waals surface area contributed by atoms with Crippen molar-refractivity contribution in [2.24, 2.45) is 20.0 Å². The smallest absolute Gasteiger partial charge is 0.332 e. The lowest BCUT2D eigenvalue weighted by Crippen LogP contribution is -2.37. The second kappa shape index (κ2) is 8.13. The fourth-order valence-corrected chi connectivity index (χ4v) is 2.80. The number of fused-ring (bicyclic) bond motifs is 1. The number of imidazole rings is 1. The Morgan fingerprint density at radius 2 is 1.92 bits per heavy atom. The van der Waals surface area contributed by atoms with Gasteiger partial charge in [-0.05, 0) is 25.2 Å². The van der Waals surface area contributed by atoms with Crippen molar-refractivity contribution in [2.45, 2.75) is 46.1 Å². The quantitative estimate of drug-likeness (QED) is 0.713. The van der Waals surface area contributed by atoms with Crippen LogP contribution in [-0.2, 0) is 25.4 Å². The van der Waals surface area contributed by atoms with E-state index in [0.717, 1.165) is 17.4 Å². The standard InChI is InChI=1S/C17H27N5O3/c1-12(2)7-5-9-18-13(23)8-6-10-22-11-19-15-14(22)16(24)21(4)17(25)20(15)3/h11-12H,5-10H2,1-4H3,(H,18,23). The number of aromatic nitrogens is 4. The van der Waals surface area contributed by atoms with Crippen LogP contribution in [0.25, 0.3) is 11.2 Å². The molecule has 0 aliphatic carbocycles. The van der Waals surface area contributed by atoms with Crippen molar-refractivity contribution < 1.29 is 4.79 Å². The predicted octanol–water partition coefficient (Wildman–Crippen LogP) is 0.766. The number of nitrogens with one attached hydrogen (secondary N) is 1. The van der Waals surface area contributed by atoms with Crippen molar-refractivity contribution in [2.75, 3.05) is 6.54 Å². The minimum absolute atomic E-state index is 0.0217. The minimum atomic E-state index is -0.400. The first-order valence-electron chi connectivity index (χ1n) is 8.70. The fraction of sp³-hybridized carbons (Fsp3) is 0.647. The van der Waals surface area contributed by atoms with E-state index in [1.165, 1.54) is 11.6 Å². The van der Waals surface area contributed by atoms with Crippen LogP contribution in [-0.4, -0.2) is 31.1 Å². The molecule has 0 bridgehead atoms. The lowest BCUT2D eigenvalue weighted by molar-refractivity contribution is -0.121. The van der Waals surface area contributed by atoms with E-state index in [1.807, 2.05) is 0 Å². The van der Waals surface area contributed by atoms with Crippen LogP contribution in [0.3, 0.4) is 0 Å². The van der Waals surface area contributed by atoms with Gasteiger partial charge in [-0.3, -0.25) is 18.7 Å². The molecule has 1 amide bonds. The molecule has 0 spiro atoms. The van der Waals surface area contributed by atoms with Crippen molar-refractivity contribution >= 4 is 17.1 Å². The normalized spacial score (nSPS) is 11.4. The molecule has 0 saturated heterocycles. The Labute approximate surface area is 146 Å². The lowest BCUT2D eigenvalue weighted by Gasteiger charge is -2.08. The molecule has 8 heteroatoms. The molecule has 2 aromatic rings. The Morgan fingerprint density at radius 3 is 2.60 bits per heavy atom. The van der Waals surface area contributed by atoms with Gasteiger partial charge < -0.3 is 9.88 Å². The SMILES string of the molecule is CC(C)CCCNC(=O)CCCn1cnc2c1c(=O)n(C)c(=O)n2C. The molecule has 2 aromatic heterocycles. The monoisotopic (exact) mass is 349 g/mol. The lowest BCUT2D eigenvalue weighted by atomic mass is 10.1. The summed E-state index contributed by atoms with van der Waals surface area (Å²) in [5, 5.41) is 2.92. The summed E-state index contributed by atoms with van der Waals surface area (Å²) in [4.78, 5) is 40.2. The molecule has 0 fully saturated rings. The third kappa shape index (κ3) is 4.37. The first kappa shape index (κ1) is 19.0. The molecule has 0 aromatic carbocycles. The molecular weight excluding hydrogens is 322 g/mol. The molecule has 2 rings (SSSR count). The van der Waals surface area contributed by atoms with E-state index in [4.69, 9.17) is 0 Å². The van der Waals surface area contributed by atoms with E-state index in [0.29, 0.717) is 43.0 Å². The molecule has 138 valence electrons. The van der Waals surface area contributed by atoms with Crippen LogP contribution in [0.2, 0.25) is 0 Å². The first-order valence-corrected chi connectivity index (χ1v) is 8.70. The third-order valence-electron chi connectivity index (χ3n) is 4.30. The van der Waals surface area contributed by atoms with E-state index in [9.17, 15) is 14.4 Å². The summed E-state index contributed by atoms with van der Waals surface area (Å²) in [6.07, 6.45) is 4.63. The predicted molar refractivity (Wildman–Crippen MR) is 96.5 cm³/mol. The van der Waals surface area contributed by atoms with Crippen LogP contribution in [0.15, 0.2) is 15.9 Å². The zero-order valence-corrected chi connectivity index (χ0v) is 15.4. The highest BCUT2D eigenvalue weighted by atomic mass is 16.2. The van der Waals surface area contributed by atoms with Crippen LogP contribution in [0.4, 0.5) is 0 Å². The molecule has 0 aliphatic rings. The van der Waals surface area contributed by atoms with Gasteiger partial charge in [0.1, 0.15) is 0 Å². The molecular formula is C17H27N5O3. The van der Waals surface area contributed by atoms with Crippen LogP contribution < -0.4 is 16.6 Å². The topological polar surface area (TPSA) is 90.9 Å². The summed E-state index contributed by atoms with van der Waals surface area (Å²) in [6.45, 7) is 5.53. The molecule has 0 radical (unpaired) electrons. The van der Waals surface area contributed by atoms with Gasteiger partial charge in [-0.1, -0.05) is 13.8 Å². The van der Waals surface area contributed by atoms with E-state index >= 15 is 0 Å². The summed E-state index contributed by atoms with van der Waals surface area (Å²) in [7, 11) is 3.04. The van der Waals surface area contributed by atoms with E-state index in [2.05, 4.69) is 24.1 Å². The number of hydrogen-bond donors (Lipinski definition) is 1. The third-order valence-corrected chi connectivity index (χ3v) is 4.30. The number of rotatable bonds is 8. The number of nitrogens with zero attached hydrogens (tertiary/aromatic N) is 4. The van der Waals surface area contributed by atoms with Gasteiger partial charge in [-0.2, -0.15) is 0 Å². The van der Waals surface area contributed by atoms with Gasteiger partial charge in [0.25, 0.3) is 5.56 Å². The second-order valence-electron chi connectivity index (χ2n) is 6.81. The van der Waals surface area contributed by atoms with Crippen molar-refractivity contribution in [3.8, 4) is 0 Å². The molecule has 0 aliphatic heterocycles. The molecule has 2 heterocycles. The Balaban J connectivity index is 1.95. The van der Waals surface area contributed by atoms with Crippen molar-refractivity contribution in [3.63, 3.8) is 0 Å². The number of amides is 1. The highest BCUT2D eigenvalue weighted by Gasteiger charge is 2.14. The molecule has 0 saturated carbocycles. The number of carbonyl (C=O) groups is 1. The second-order valence-corrected chi connectivity index (χ2v) is 6.81. The summed E-state index contributed by atoms with van der Waals surface area (Å²) in [6, 6.07) is 0. The largest absolute Gasteiger partial charge is 0.356 e. The van der Waals surface area contributed by atoms with Gasteiger partial charge in [0, 0.05) is 33.6 Å². The summed E-state index contributed by atoms with van der Waals surface area (Å²) < 4.78 is 4.14. The molecule has 25 heavy (non-hydrogen) atoms. The Bertz CT molecular complexity index is 860. The van der Waals surface area contributed by atoms with Gasteiger partial charge in [0.15, 0.2) is 11.2 Å². The molecule has 1 N–H and O–H groups in total. The van der Waals surface area contributed by atoms with Gasteiger partial charge in [-0.25, -0.2) is 9.78 Å². The van der Waals surface area contributed by atoms with Crippen molar-refractivity contribution in [1.29, 1.82) is 0 Å². The van der Waals surface area contributed by atoms with E-state index < -0.39 is 5.69 Å². The molecule has 0 atom stereocenters. The van der Waals surface area contributed by atoms with Crippen LogP contribution in [0, 0.1) is 5.92 Å². The Morgan fingerprint density at radius 1 is 1.20 bits per heavy atom. The van der Waals surface area contributed by atoms with Gasteiger partial charge in [-0.15, -0.1) is 0 Å². The van der Waals surface area contributed by atoms with Gasteiger partial charge in [0.2, 0.25) is 5.91 Å². The maximum absolute atomic E-state index is 12.3. The highest BCUT2D eigenvalue weighted by molar-refractivity contribution is 5.75. The van der Waals surface area contributed by atoms with Crippen LogP contribution >= 0.6 is 0 Å². The van der Waals surface area contributed by atoms with E-state index in [1.54, 1.807) is 17.9 Å². The average molecular weight is 349 g/mol. The minimum Gasteiger partial charge on any atom is -0.356 e. The Kier molecular flexibility index (Phi) is 6.17. The fourth-order valence-electron chi connectivity index (χ4n) is 2.80. The summed E-state index contributed by atoms with van der Waals surface area (Å²) in [5.41, 5.74) is -0.00885. The zero-order valence-electron chi connectivity index (χ0n) is 15.4.